The molecule has 0 spiro atoms. The van der Waals surface area contributed by atoms with Crippen molar-refractivity contribution in [2.75, 3.05) is 26.2 Å². The SMILES string of the molecule is NCC1CCCC1C(=O)NC1CN2CCC1CC2. The van der Waals surface area contributed by atoms with Gasteiger partial charge in [-0.25, -0.2) is 0 Å². The Hall–Kier alpha value is -0.610. The van der Waals surface area contributed by atoms with Crippen molar-refractivity contribution in [3.63, 3.8) is 0 Å². The molecule has 0 aromatic rings. The highest BCUT2D eigenvalue weighted by Crippen LogP contribution is 2.32. The van der Waals surface area contributed by atoms with Gasteiger partial charge in [0.1, 0.15) is 0 Å². The van der Waals surface area contributed by atoms with Crippen LogP contribution in [0.4, 0.5) is 0 Å². The second-order valence-corrected chi connectivity index (χ2v) is 6.29. The van der Waals surface area contributed by atoms with Crippen molar-refractivity contribution in [3.05, 3.63) is 0 Å². The average Bonchev–Trinajstić information content (AvgIpc) is 2.88. The molecule has 1 aliphatic carbocycles. The Bertz CT molecular complexity index is 312. The lowest BCUT2D eigenvalue weighted by molar-refractivity contribution is -0.128. The second-order valence-electron chi connectivity index (χ2n) is 6.29. The minimum Gasteiger partial charge on any atom is -0.352 e. The smallest absolute Gasteiger partial charge is 0.223 e. The largest absolute Gasteiger partial charge is 0.352 e. The van der Waals surface area contributed by atoms with Crippen molar-refractivity contribution in [2.24, 2.45) is 23.5 Å². The summed E-state index contributed by atoms with van der Waals surface area (Å²) >= 11 is 0. The van der Waals surface area contributed by atoms with Crippen LogP contribution in [0.15, 0.2) is 0 Å². The normalized spacial score (nSPS) is 43.1. The third-order valence-electron chi connectivity index (χ3n) is 5.28. The lowest BCUT2D eigenvalue weighted by Crippen LogP contribution is -2.58. The monoisotopic (exact) mass is 251 g/mol. The van der Waals surface area contributed by atoms with Crippen molar-refractivity contribution < 1.29 is 4.79 Å². The topological polar surface area (TPSA) is 58.4 Å². The van der Waals surface area contributed by atoms with E-state index in [-0.39, 0.29) is 11.8 Å². The molecule has 3 heterocycles. The summed E-state index contributed by atoms with van der Waals surface area (Å²) in [5.41, 5.74) is 5.77. The first kappa shape index (κ1) is 12.4. The molecule has 3 aliphatic heterocycles. The third kappa shape index (κ3) is 2.28. The number of carbonyl (C=O) groups is 1. The van der Waals surface area contributed by atoms with Crippen LogP contribution < -0.4 is 11.1 Å². The molecule has 18 heavy (non-hydrogen) atoms. The number of hydrogen-bond donors (Lipinski definition) is 2. The summed E-state index contributed by atoms with van der Waals surface area (Å²) in [6.07, 6.45) is 5.86. The summed E-state index contributed by atoms with van der Waals surface area (Å²) in [5.74, 6) is 1.61. The van der Waals surface area contributed by atoms with E-state index >= 15 is 0 Å². The summed E-state index contributed by atoms with van der Waals surface area (Å²) in [7, 11) is 0. The van der Waals surface area contributed by atoms with Gasteiger partial charge in [-0.2, -0.15) is 0 Å². The van der Waals surface area contributed by atoms with Gasteiger partial charge in [-0.15, -0.1) is 0 Å². The molecule has 1 amide bonds. The summed E-state index contributed by atoms with van der Waals surface area (Å²) in [5, 5.41) is 3.32. The first-order chi connectivity index (χ1) is 8.78. The number of rotatable bonds is 3. The number of piperidine rings is 3. The van der Waals surface area contributed by atoms with Crippen LogP contribution in [-0.2, 0) is 4.79 Å². The number of hydrogen-bond acceptors (Lipinski definition) is 3. The number of nitrogens with one attached hydrogen (secondary N) is 1. The van der Waals surface area contributed by atoms with E-state index in [9.17, 15) is 4.79 Å². The van der Waals surface area contributed by atoms with E-state index in [0.29, 0.717) is 18.5 Å². The van der Waals surface area contributed by atoms with Crippen LogP contribution in [0, 0.1) is 17.8 Å². The lowest BCUT2D eigenvalue weighted by Gasteiger charge is -2.45. The molecule has 2 bridgehead atoms. The molecule has 4 rings (SSSR count). The molecule has 4 aliphatic rings. The van der Waals surface area contributed by atoms with Gasteiger partial charge in [0.15, 0.2) is 0 Å². The highest BCUT2D eigenvalue weighted by molar-refractivity contribution is 5.79. The molecule has 0 aromatic heterocycles. The lowest BCUT2D eigenvalue weighted by atomic mass is 9.83. The molecule has 0 radical (unpaired) electrons. The first-order valence-electron chi connectivity index (χ1n) is 7.50. The fraction of sp³-hybridized carbons (Fsp3) is 0.929. The molecule has 1 saturated carbocycles. The first-order valence-corrected chi connectivity index (χ1v) is 7.50. The third-order valence-corrected chi connectivity index (χ3v) is 5.28. The van der Waals surface area contributed by atoms with Crippen LogP contribution in [0.3, 0.4) is 0 Å². The van der Waals surface area contributed by atoms with Gasteiger partial charge in [0.25, 0.3) is 0 Å². The highest BCUT2D eigenvalue weighted by atomic mass is 16.2. The van der Waals surface area contributed by atoms with Crippen LogP contribution in [0.2, 0.25) is 0 Å². The molecule has 4 fully saturated rings. The van der Waals surface area contributed by atoms with Crippen molar-refractivity contribution in [2.45, 2.75) is 38.1 Å². The van der Waals surface area contributed by atoms with Gasteiger partial charge in [0.2, 0.25) is 5.91 Å². The van der Waals surface area contributed by atoms with E-state index in [4.69, 9.17) is 5.73 Å². The van der Waals surface area contributed by atoms with Gasteiger partial charge in [0, 0.05) is 18.5 Å². The van der Waals surface area contributed by atoms with Gasteiger partial charge < -0.3 is 16.0 Å². The summed E-state index contributed by atoms with van der Waals surface area (Å²) in [4.78, 5) is 14.9. The molecular weight excluding hydrogens is 226 g/mol. The fourth-order valence-electron chi connectivity index (χ4n) is 4.08. The maximum Gasteiger partial charge on any atom is 0.223 e. The zero-order valence-electron chi connectivity index (χ0n) is 11.1. The zero-order chi connectivity index (χ0) is 12.5. The van der Waals surface area contributed by atoms with Crippen molar-refractivity contribution in [3.8, 4) is 0 Å². The summed E-state index contributed by atoms with van der Waals surface area (Å²) < 4.78 is 0. The highest BCUT2D eigenvalue weighted by Gasteiger charge is 2.38. The Kier molecular flexibility index (Phi) is 3.57. The van der Waals surface area contributed by atoms with Gasteiger partial charge in [-0.3, -0.25) is 4.79 Å². The minimum atomic E-state index is 0.186. The standard InChI is InChI=1S/C14H25N3O/c15-8-11-2-1-3-12(11)14(18)16-13-9-17-6-4-10(13)5-7-17/h10-13H,1-9,15H2,(H,16,18). The van der Waals surface area contributed by atoms with E-state index in [0.717, 1.165) is 25.3 Å². The average molecular weight is 251 g/mol. The van der Waals surface area contributed by atoms with E-state index in [1.165, 1.54) is 32.4 Å². The molecular formula is C14H25N3O. The van der Waals surface area contributed by atoms with Gasteiger partial charge in [-0.1, -0.05) is 6.42 Å². The molecule has 0 aromatic carbocycles. The number of nitrogens with two attached hydrogens (primary N) is 1. The second kappa shape index (κ2) is 5.17. The predicted molar refractivity (Wildman–Crippen MR) is 71.0 cm³/mol. The molecule has 4 nitrogen and oxygen atoms in total. The molecule has 102 valence electrons. The van der Waals surface area contributed by atoms with Crippen molar-refractivity contribution in [1.82, 2.24) is 10.2 Å². The maximum atomic E-state index is 12.4. The Morgan fingerprint density at radius 1 is 1.22 bits per heavy atom. The quantitative estimate of drug-likeness (QED) is 0.771. The van der Waals surface area contributed by atoms with Gasteiger partial charge >= 0.3 is 0 Å². The van der Waals surface area contributed by atoms with E-state index < -0.39 is 0 Å². The van der Waals surface area contributed by atoms with Crippen LogP contribution in [0.1, 0.15) is 32.1 Å². The van der Waals surface area contributed by atoms with Crippen LogP contribution in [0.5, 0.6) is 0 Å². The maximum absolute atomic E-state index is 12.4. The molecule has 3 unspecified atom stereocenters. The molecule has 3 saturated heterocycles. The van der Waals surface area contributed by atoms with Crippen LogP contribution in [0.25, 0.3) is 0 Å². The van der Waals surface area contributed by atoms with E-state index in [1.807, 2.05) is 0 Å². The molecule has 3 N–H and O–H groups in total. The Morgan fingerprint density at radius 2 is 2.00 bits per heavy atom. The Labute approximate surface area is 109 Å². The number of carbonyl (C=O) groups excluding carboxylic acids is 1. The van der Waals surface area contributed by atoms with Crippen LogP contribution in [-0.4, -0.2) is 43.0 Å². The molecule has 4 heteroatoms. The van der Waals surface area contributed by atoms with E-state index in [1.54, 1.807) is 0 Å². The van der Waals surface area contributed by atoms with Gasteiger partial charge in [0.05, 0.1) is 0 Å². The molecule has 3 atom stereocenters. The number of amides is 1. The predicted octanol–water partition coefficient (Wildman–Crippen LogP) is 0.572. The summed E-state index contributed by atoms with van der Waals surface area (Å²) in [6.45, 7) is 4.19. The summed E-state index contributed by atoms with van der Waals surface area (Å²) in [6, 6.07) is 0.402. The number of nitrogens with zero attached hydrogens (tertiary/aromatic N) is 1. The van der Waals surface area contributed by atoms with E-state index in [2.05, 4.69) is 10.2 Å². The zero-order valence-corrected chi connectivity index (χ0v) is 11.1. The van der Waals surface area contributed by atoms with Crippen molar-refractivity contribution in [1.29, 1.82) is 0 Å². The van der Waals surface area contributed by atoms with Crippen molar-refractivity contribution >= 4 is 5.91 Å². The number of fused-ring (bicyclic) bond motifs is 3. The Balaban J connectivity index is 1.57. The Morgan fingerprint density at radius 3 is 2.61 bits per heavy atom. The van der Waals surface area contributed by atoms with Gasteiger partial charge in [-0.05, 0) is 57.2 Å². The minimum absolute atomic E-state index is 0.186. The fourth-order valence-corrected chi connectivity index (χ4v) is 4.08. The van der Waals surface area contributed by atoms with Crippen LogP contribution >= 0.6 is 0 Å².